The summed E-state index contributed by atoms with van der Waals surface area (Å²) in [6.07, 6.45) is 9.33. The van der Waals surface area contributed by atoms with E-state index in [9.17, 15) is 0 Å². The quantitative estimate of drug-likeness (QED) is 0.914. The third-order valence-electron chi connectivity index (χ3n) is 5.46. The molecular weight excluding hydrogens is 254 g/mol. The topological polar surface area (TPSA) is 60.2 Å². The SMILES string of the molecule is COC1(c2noc(CC3CC4CCC(C3)N4)n2)CCC1. The molecule has 2 aliphatic heterocycles. The van der Waals surface area contributed by atoms with Crippen molar-refractivity contribution in [2.75, 3.05) is 7.11 Å². The molecular formula is C15H23N3O2. The van der Waals surface area contributed by atoms with Crippen LogP contribution in [-0.4, -0.2) is 29.3 Å². The fraction of sp³-hybridized carbons (Fsp3) is 0.867. The molecule has 2 atom stereocenters. The van der Waals surface area contributed by atoms with Crippen LogP contribution < -0.4 is 5.32 Å². The Morgan fingerprint density at radius 1 is 1.30 bits per heavy atom. The molecule has 1 aromatic rings. The molecule has 1 aliphatic carbocycles. The van der Waals surface area contributed by atoms with Gasteiger partial charge in [0, 0.05) is 25.6 Å². The molecule has 1 saturated carbocycles. The summed E-state index contributed by atoms with van der Waals surface area (Å²) < 4.78 is 11.1. The van der Waals surface area contributed by atoms with Gasteiger partial charge >= 0.3 is 0 Å². The molecule has 3 aliphatic rings. The average molecular weight is 277 g/mol. The first-order valence-corrected chi connectivity index (χ1v) is 7.92. The van der Waals surface area contributed by atoms with Crippen LogP contribution in [0.15, 0.2) is 4.52 Å². The van der Waals surface area contributed by atoms with Crippen LogP contribution in [0.5, 0.6) is 0 Å². The number of ether oxygens (including phenoxy) is 1. The first-order valence-electron chi connectivity index (χ1n) is 7.92. The Bertz CT molecular complexity index is 466. The second-order valence-corrected chi connectivity index (χ2v) is 6.74. The number of hydrogen-bond donors (Lipinski definition) is 1. The van der Waals surface area contributed by atoms with Gasteiger partial charge in [0.25, 0.3) is 0 Å². The van der Waals surface area contributed by atoms with Gasteiger partial charge in [-0.15, -0.1) is 0 Å². The summed E-state index contributed by atoms with van der Waals surface area (Å²) >= 11 is 0. The molecule has 0 spiro atoms. The molecule has 3 heterocycles. The van der Waals surface area contributed by atoms with Crippen molar-refractivity contribution < 1.29 is 9.26 Å². The maximum Gasteiger partial charge on any atom is 0.227 e. The summed E-state index contributed by atoms with van der Waals surface area (Å²) in [5.41, 5.74) is -0.255. The van der Waals surface area contributed by atoms with E-state index in [0.717, 1.165) is 43.1 Å². The van der Waals surface area contributed by atoms with E-state index in [0.29, 0.717) is 5.92 Å². The lowest BCUT2D eigenvalue weighted by atomic mass is 9.79. The maximum absolute atomic E-state index is 5.61. The molecule has 110 valence electrons. The van der Waals surface area contributed by atoms with Gasteiger partial charge in [-0.3, -0.25) is 0 Å². The van der Waals surface area contributed by atoms with Crippen LogP contribution >= 0.6 is 0 Å². The summed E-state index contributed by atoms with van der Waals surface area (Å²) in [6.45, 7) is 0. The Kier molecular flexibility index (Phi) is 3.07. The monoisotopic (exact) mass is 277 g/mol. The van der Waals surface area contributed by atoms with E-state index in [1.807, 2.05) is 0 Å². The molecule has 2 saturated heterocycles. The first-order chi connectivity index (χ1) is 9.77. The molecule has 3 fully saturated rings. The van der Waals surface area contributed by atoms with Gasteiger partial charge in [0.1, 0.15) is 5.60 Å². The largest absolute Gasteiger partial charge is 0.370 e. The number of fused-ring (bicyclic) bond motifs is 2. The maximum atomic E-state index is 5.61. The molecule has 1 aromatic heterocycles. The molecule has 5 nitrogen and oxygen atoms in total. The number of methoxy groups -OCH3 is 1. The van der Waals surface area contributed by atoms with E-state index >= 15 is 0 Å². The number of nitrogens with zero attached hydrogens (tertiary/aromatic N) is 2. The van der Waals surface area contributed by atoms with E-state index in [4.69, 9.17) is 9.26 Å². The predicted molar refractivity (Wildman–Crippen MR) is 73.2 cm³/mol. The molecule has 20 heavy (non-hydrogen) atoms. The van der Waals surface area contributed by atoms with Gasteiger partial charge in [-0.2, -0.15) is 4.98 Å². The van der Waals surface area contributed by atoms with Crippen LogP contribution in [0.4, 0.5) is 0 Å². The Hall–Kier alpha value is -0.940. The Balaban J connectivity index is 1.43. The van der Waals surface area contributed by atoms with Gasteiger partial charge in [-0.05, 0) is 50.9 Å². The number of piperidine rings is 1. The van der Waals surface area contributed by atoms with Crippen LogP contribution in [0.1, 0.15) is 56.7 Å². The molecule has 1 N–H and O–H groups in total. The predicted octanol–water partition coefficient (Wildman–Crippen LogP) is 2.17. The van der Waals surface area contributed by atoms with E-state index < -0.39 is 0 Å². The lowest BCUT2D eigenvalue weighted by molar-refractivity contribution is -0.0858. The molecule has 5 heteroatoms. The number of nitrogens with one attached hydrogen (secondary N) is 1. The third-order valence-corrected chi connectivity index (χ3v) is 5.46. The van der Waals surface area contributed by atoms with Crippen LogP contribution in [-0.2, 0) is 16.8 Å². The molecule has 2 bridgehead atoms. The van der Waals surface area contributed by atoms with E-state index in [2.05, 4.69) is 15.5 Å². The molecule has 0 amide bonds. The fourth-order valence-electron chi connectivity index (χ4n) is 4.13. The van der Waals surface area contributed by atoms with Crippen LogP contribution in [0.3, 0.4) is 0 Å². The zero-order valence-electron chi connectivity index (χ0n) is 12.1. The van der Waals surface area contributed by atoms with E-state index in [1.165, 1.54) is 32.1 Å². The molecule has 0 aromatic carbocycles. The van der Waals surface area contributed by atoms with E-state index in [1.54, 1.807) is 7.11 Å². The normalized spacial score (nSPS) is 35.0. The third kappa shape index (κ3) is 2.07. The number of aromatic nitrogens is 2. The van der Waals surface area contributed by atoms with Gasteiger partial charge in [0.2, 0.25) is 11.7 Å². The van der Waals surface area contributed by atoms with Gasteiger partial charge in [0.15, 0.2) is 0 Å². The molecule has 2 unspecified atom stereocenters. The van der Waals surface area contributed by atoms with Gasteiger partial charge < -0.3 is 14.6 Å². The van der Waals surface area contributed by atoms with Gasteiger partial charge in [-0.25, -0.2) is 0 Å². The summed E-state index contributed by atoms with van der Waals surface area (Å²) in [5.74, 6) is 2.26. The van der Waals surface area contributed by atoms with Crippen molar-refractivity contribution in [3.8, 4) is 0 Å². The minimum Gasteiger partial charge on any atom is -0.370 e. The zero-order chi connectivity index (χ0) is 13.6. The van der Waals surface area contributed by atoms with Crippen LogP contribution in [0.2, 0.25) is 0 Å². The fourth-order valence-corrected chi connectivity index (χ4v) is 4.13. The minimum atomic E-state index is -0.255. The Morgan fingerprint density at radius 3 is 2.65 bits per heavy atom. The van der Waals surface area contributed by atoms with Crippen molar-refractivity contribution in [1.29, 1.82) is 0 Å². The Labute approximate surface area is 119 Å². The number of rotatable bonds is 4. The van der Waals surface area contributed by atoms with Crippen molar-refractivity contribution in [2.45, 2.75) is 69.1 Å². The standard InChI is InChI=1S/C15H23N3O2/c1-19-15(5-2-6-15)14-17-13(20-18-14)9-10-7-11-3-4-12(8-10)16-11/h10-12,16H,2-9H2,1H3. The molecule has 0 radical (unpaired) electrons. The zero-order valence-corrected chi connectivity index (χ0v) is 12.1. The van der Waals surface area contributed by atoms with E-state index in [-0.39, 0.29) is 5.60 Å². The van der Waals surface area contributed by atoms with Gasteiger partial charge in [-0.1, -0.05) is 5.16 Å². The lowest BCUT2D eigenvalue weighted by Gasteiger charge is -2.37. The van der Waals surface area contributed by atoms with Crippen molar-refractivity contribution >= 4 is 0 Å². The summed E-state index contributed by atoms with van der Waals surface area (Å²) in [5, 5.41) is 7.85. The van der Waals surface area contributed by atoms with Crippen molar-refractivity contribution in [1.82, 2.24) is 15.5 Å². The highest BCUT2D eigenvalue weighted by Crippen LogP contribution is 2.43. The lowest BCUT2D eigenvalue weighted by Crippen LogP contribution is -2.38. The van der Waals surface area contributed by atoms with Crippen LogP contribution in [0.25, 0.3) is 0 Å². The summed E-state index contributed by atoms with van der Waals surface area (Å²) in [4.78, 5) is 4.62. The number of hydrogen-bond acceptors (Lipinski definition) is 5. The second-order valence-electron chi connectivity index (χ2n) is 6.74. The minimum absolute atomic E-state index is 0.255. The van der Waals surface area contributed by atoms with Crippen molar-refractivity contribution in [2.24, 2.45) is 5.92 Å². The summed E-state index contributed by atoms with van der Waals surface area (Å²) in [6, 6.07) is 1.44. The smallest absolute Gasteiger partial charge is 0.227 e. The second kappa shape index (κ2) is 4.81. The van der Waals surface area contributed by atoms with Gasteiger partial charge in [0.05, 0.1) is 0 Å². The average Bonchev–Trinajstić information content (AvgIpc) is 2.97. The van der Waals surface area contributed by atoms with Crippen LogP contribution in [0, 0.1) is 5.92 Å². The van der Waals surface area contributed by atoms with Crippen molar-refractivity contribution in [3.05, 3.63) is 11.7 Å². The molecule has 4 rings (SSSR count). The summed E-state index contributed by atoms with van der Waals surface area (Å²) in [7, 11) is 1.75. The first kappa shape index (κ1) is 12.8. The highest BCUT2D eigenvalue weighted by atomic mass is 16.5. The highest BCUT2D eigenvalue weighted by molar-refractivity contribution is 5.07. The highest BCUT2D eigenvalue weighted by Gasteiger charge is 2.43. The van der Waals surface area contributed by atoms with Crippen molar-refractivity contribution in [3.63, 3.8) is 0 Å². The Morgan fingerprint density at radius 2 is 2.05 bits per heavy atom.